The van der Waals surface area contributed by atoms with Crippen LogP contribution in [-0.4, -0.2) is 43.0 Å². The van der Waals surface area contributed by atoms with E-state index in [1.807, 2.05) is 60.7 Å². The molecule has 32 heavy (non-hydrogen) atoms. The first-order valence-electron chi connectivity index (χ1n) is 10.9. The standard InChI is InChI=1S/C25H28N2O3S2/c28-25(26-15-14-19-6-2-1-3-7-19)13-11-22-17-23(31)18-27(22)32(29,30)24-12-10-20-8-4-5-9-21(20)16-24/h1-10,12,16,22-23,31H,11,13-15,17-18H2,(H,26,28)/t22-,23-/m1/s1. The molecule has 3 aromatic carbocycles. The van der Waals surface area contributed by atoms with Gasteiger partial charge in [0, 0.05) is 30.8 Å². The summed E-state index contributed by atoms with van der Waals surface area (Å²) in [6.45, 7) is 0.931. The molecule has 0 spiro atoms. The van der Waals surface area contributed by atoms with Gasteiger partial charge < -0.3 is 5.32 Å². The maximum absolute atomic E-state index is 13.4. The van der Waals surface area contributed by atoms with Gasteiger partial charge in [-0.1, -0.05) is 60.7 Å². The molecule has 1 aliphatic heterocycles. The molecule has 0 bridgehead atoms. The minimum Gasteiger partial charge on any atom is -0.356 e. The molecule has 0 saturated carbocycles. The Morgan fingerprint density at radius 3 is 2.50 bits per heavy atom. The van der Waals surface area contributed by atoms with E-state index in [4.69, 9.17) is 0 Å². The second kappa shape index (κ2) is 10.1. The van der Waals surface area contributed by atoms with Crippen LogP contribution in [0.4, 0.5) is 0 Å². The number of hydrogen-bond acceptors (Lipinski definition) is 4. The molecule has 1 N–H and O–H groups in total. The number of sulfonamides is 1. The highest BCUT2D eigenvalue weighted by molar-refractivity contribution is 7.89. The van der Waals surface area contributed by atoms with Crippen LogP contribution in [-0.2, 0) is 21.2 Å². The van der Waals surface area contributed by atoms with Crippen molar-refractivity contribution in [2.24, 2.45) is 0 Å². The molecule has 7 heteroatoms. The molecule has 4 rings (SSSR count). The van der Waals surface area contributed by atoms with Gasteiger partial charge in [0.25, 0.3) is 0 Å². The number of amides is 1. The summed E-state index contributed by atoms with van der Waals surface area (Å²) in [5, 5.41) is 4.81. The van der Waals surface area contributed by atoms with Crippen LogP contribution < -0.4 is 5.32 Å². The van der Waals surface area contributed by atoms with E-state index < -0.39 is 10.0 Å². The van der Waals surface area contributed by atoms with Crippen LogP contribution in [0.25, 0.3) is 10.8 Å². The van der Waals surface area contributed by atoms with E-state index in [1.54, 1.807) is 12.1 Å². The fourth-order valence-corrected chi connectivity index (χ4v) is 6.54. The van der Waals surface area contributed by atoms with Crippen LogP contribution in [0, 0.1) is 0 Å². The van der Waals surface area contributed by atoms with Crippen molar-refractivity contribution in [3.8, 4) is 0 Å². The van der Waals surface area contributed by atoms with Crippen molar-refractivity contribution in [1.82, 2.24) is 9.62 Å². The summed E-state index contributed by atoms with van der Waals surface area (Å²) in [7, 11) is -3.66. The summed E-state index contributed by atoms with van der Waals surface area (Å²) < 4.78 is 28.3. The lowest BCUT2D eigenvalue weighted by Crippen LogP contribution is -2.37. The lowest BCUT2D eigenvalue weighted by atomic mass is 10.1. The Balaban J connectivity index is 1.38. The highest BCUT2D eigenvalue weighted by atomic mass is 32.2. The predicted octanol–water partition coefficient (Wildman–Crippen LogP) is 4.04. The average Bonchev–Trinajstić information content (AvgIpc) is 3.19. The SMILES string of the molecule is O=C(CC[C@@H]1C[C@@H](S)CN1S(=O)(=O)c1ccc2ccccc2c1)NCCc1ccccc1. The summed E-state index contributed by atoms with van der Waals surface area (Å²) in [5.74, 6) is -0.0494. The highest BCUT2D eigenvalue weighted by Gasteiger charge is 2.39. The van der Waals surface area contributed by atoms with Crippen LogP contribution in [0.2, 0.25) is 0 Å². The lowest BCUT2D eigenvalue weighted by Gasteiger charge is -2.24. The third-order valence-electron chi connectivity index (χ3n) is 5.95. The molecule has 168 valence electrons. The van der Waals surface area contributed by atoms with Crippen LogP contribution >= 0.6 is 12.6 Å². The minimum atomic E-state index is -3.66. The van der Waals surface area contributed by atoms with Gasteiger partial charge in [-0.15, -0.1) is 0 Å². The first kappa shape index (κ1) is 22.8. The number of fused-ring (bicyclic) bond motifs is 1. The molecule has 1 amide bonds. The molecule has 0 aromatic heterocycles. The summed E-state index contributed by atoms with van der Waals surface area (Å²) in [6, 6.07) is 22.7. The van der Waals surface area contributed by atoms with Crippen molar-refractivity contribution in [3.05, 3.63) is 78.4 Å². The van der Waals surface area contributed by atoms with E-state index in [0.29, 0.717) is 32.4 Å². The molecule has 5 nitrogen and oxygen atoms in total. The molecular weight excluding hydrogens is 440 g/mol. The van der Waals surface area contributed by atoms with E-state index in [-0.39, 0.29) is 22.1 Å². The maximum atomic E-state index is 13.4. The Hall–Kier alpha value is -2.35. The molecule has 3 aromatic rings. The number of nitrogens with one attached hydrogen (secondary N) is 1. The summed E-state index contributed by atoms with van der Waals surface area (Å²) in [5.41, 5.74) is 1.18. The normalized spacial score (nSPS) is 19.3. The van der Waals surface area contributed by atoms with Crippen molar-refractivity contribution in [2.75, 3.05) is 13.1 Å². The topological polar surface area (TPSA) is 66.5 Å². The Kier molecular flexibility index (Phi) is 7.18. The van der Waals surface area contributed by atoms with Gasteiger partial charge in [0.05, 0.1) is 4.90 Å². The van der Waals surface area contributed by atoms with Crippen molar-refractivity contribution in [2.45, 2.75) is 41.9 Å². The van der Waals surface area contributed by atoms with Gasteiger partial charge in [0.2, 0.25) is 15.9 Å². The number of nitrogens with zero attached hydrogens (tertiary/aromatic N) is 1. The van der Waals surface area contributed by atoms with Crippen LogP contribution in [0.1, 0.15) is 24.8 Å². The third-order valence-corrected chi connectivity index (χ3v) is 8.24. The zero-order chi connectivity index (χ0) is 22.6. The zero-order valence-electron chi connectivity index (χ0n) is 17.9. The number of hydrogen-bond donors (Lipinski definition) is 2. The maximum Gasteiger partial charge on any atom is 0.243 e. The second-order valence-electron chi connectivity index (χ2n) is 8.25. The average molecular weight is 469 g/mol. The fourth-order valence-electron chi connectivity index (χ4n) is 4.26. The number of rotatable bonds is 8. The van der Waals surface area contributed by atoms with Gasteiger partial charge in [-0.05, 0) is 47.7 Å². The van der Waals surface area contributed by atoms with Crippen molar-refractivity contribution >= 4 is 39.3 Å². The second-order valence-corrected chi connectivity index (χ2v) is 10.9. The van der Waals surface area contributed by atoms with Crippen LogP contribution in [0.5, 0.6) is 0 Å². The molecule has 2 atom stereocenters. The van der Waals surface area contributed by atoms with Gasteiger partial charge in [0.1, 0.15) is 0 Å². The third kappa shape index (κ3) is 5.34. The Labute approximate surface area is 195 Å². The Bertz CT molecular complexity index is 1180. The van der Waals surface area contributed by atoms with Crippen molar-refractivity contribution < 1.29 is 13.2 Å². The van der Waals surface area contributed by atoms with Gasteiger partial charge in [-0.3, -0.25) is 4.79 Å². The molecule has 0 aliphatic carbocycles. The number of thiol groups is 1. The largest absolute Gasteiger partial charge is 0.356 e. The molecule has 1 aliphatic rings. The van der Waals surface area contributed by atoms with E-state index in [9.17, 15) is 13.2 Å². The first-order valence-corrected chi connectivity index (χ1v) is 12.9. The summed E-state index contributed by atoms with van der Waals surface area (Å²) >= 11 is 4.55. The molecule has 1 fully saturated rings. The summed E-state index contributed by atoms with van der Waals surface area (Å²) in [4.78, 5) is 12.6. The number of carbonyl (C=O) groups excluding carboxylic acids is 1. The van der Waals surface area contributed by atoms with Crippen molar-refractivity contribution in [1.29, 1.82) is 0 Å². The molecule has 0 radical (unpaired) electrons. The zero-order valence-corrected chi connectivity index (χ0v) is 19.6. The van der Waals surface area contributed by atoms with E-state index in [0.717, 1.165) is 17.2 Å². The van der Waals surface area contributed by atoms with E-state index >= 15 is 0 Å². The number of benzene rings is 3. The minimum absolute atomic E-state index is 0.0311. The molecule has 1 saturated heterocycles. The highest BCUT2D eigenvalue weighted by Crippen LogP contribution is 2.32. The van der Waals surface area contributed by atoms with Crippen LogP contribution in [0.3, 0.4) is 0 Å². The molecular formula is C25H28N2O3S2. The molecule has 0 unspecified atom stereocenters. The molecule has 1 heterocycles. The lowest BCUT2D eigenvalue weighted by molar-refractivity contribution is -0.121. The monoisotopic (exact) mass is 468 g/mol. The smallest absolute Gasteiger partial charge is 0.243 e. The number of carbonyl (C=O) groups is 1. The van der Waals surface area contributed by atoms with Gasteiger partial charge >= 0.3 is 0 Å². The predicted molar refractivity (Wildman–Crippen MR) is 131 cm³/mol. The van der Waals surface area contributed by atoms with E-state index in [1.165, 1.54) is 9.87 Å². The Morgan fingerprint density at radius 2 is 1.72 bits per heavy atom. The van der Waals surface area contributed by atoms with E-state index in [2.05, 4.69) is 17.9 Å². The van der Waals surface area contributed by atoms with Gasteiger partial charge in [0.15, 0.2) is 0 Å². The van der Waals surface area contributed by atoms with Gasteiger partial charge in [-0.2, -0.15) is 16.9 Å². The fraction of sp³-hybridized carbons (Fsp3) is 0.320. The van der Waals surface area contributed by atoms with Crippen LogP contribution in [0.15, 0.2) is 77.7 Å². The quantitative estimate of drug-likeness (QED) is 0.491. The Morgan fingerprint density at radius 1 is 1.00 bits per heavy atom. The first-order chi connectivity index (χ1) is 15.4. The van der Waals surface area contributed by atoms with Gasteiger partial charge in [-0.25, -0.2) is 8.42 Å². The summed E-state index contributed by atoms with van der Waals surface area (Å²) in [6.07, 6.45) is 2.20. The van der Waals surface area contributed by atoms with Crippen molar-refractivity contribution in [3.63, 3.8) is 0 Å².